The largest absolute Gasteiger partial charge is 0.419 e. The first kappa shape index (κ1) is 26.2. The second-order valence-electron chi connectivity index (χ2n) is 10.5. The summed E-state index contributed by atoms with van der Waals surface area (Å²) in [6.45, 7) is 9.23. The maximum atomic E-state index is 15.1. The van der Waals surface area contributed by atoms with Crippen molar-refractivity contribution in [3.8, 4) is 11.1 Å². The lowest BCUT2D eigenvalue weighted by atomic mass is 9.86. The number of rotatable bonds is 5. The van der Waals surface area contributed by atoms with Crippen molar-refractivity contribution < 1.29 is 26.7 Å². The van der Waals surface area contributed by atoms with Crippen LogP contribution in [0.5, 0.6) is 0 Å². The minimum atomic E-state index is -4.79. The molecule has 7 heteroatoms. The maximum Gasteiger partial charge on any atom is 0.419 e. The number of pyridine rings is 1. The molecule has 0 aliphatic heterocycles. The number of carbonyl (C=O) groups excluding carboxylic acids is 1. The molecule has 2 aromatic rings. The van der Waals surface area contributed by atoms with E-state index in [1.807, 2.05) is 19.9 Å². The number of hydrogen-bond acceptors (Lipinski definition) is 2. The number of halogens is 5. The molecular formula is C29H30F5NO. The zero-order valence-corrected chi connectivity index (χ0v) is 20.7. The molecule has 0 spiro atoms. The quantitative estimate of drug-likeness (QED) is 0.304. The Bertz CT molecular complexity index is 1230. The van der Waals surface area contributed by atoms with E-state index < -0.39 is 23.2 Å². The Hall–Kier alpha value is -2.83. The molecule has 4 rings (SSSR count). The number of aryl methyl sites for hydroxylation is 1. The highest BCUT2D eigenvalue weighted by Gasteiger charge is 2.47. The van der Waals surface area contributed by atoms with Gasteiger partial charge in [-0.1, -0.05) is 31.7 Å². The van der Waals surface area contributed by atoms with E-state index in [0.717, 1.165) is 17.2 Å². The van der Waals surface area contributed by atoms with E-state index in [-0.39, 0.29) is 41.1 Å². The molecular weight excluding hydrogens is 473 g/mol. The van der Waals surface area contributed by atoms with Gasteiger partial charge in [0.25, 0.3) is 0 Å². The van der Waals surface area contributed by atoms with Crippen LogP contribution in [0.25, 0.3) is 16.7 Å². The van der Waals surface area contributed by atoms with Crippen molar-refractivity contribution >= 4 is 11.4 Å². The highest BCUT2D eigenvalue weighted by molar-refractivity contribution is 5.83. The van der Waals surface area contributed by atoms with E-state index in [1.54, 1.807) is 13.0 Å². The van der Waals surface area contributed by atoms with E-state index in [1.165, 1.54) is 18.3 Å². The van der Waals surface area contributed by atoms with Gasteiger partial charge in [-0.15, -0.1) is 0 Å². The topological polar surface area (TPSA) is 30.0 Å². The van der Waals surface area contributed by atoms with Gasteiger partial charge in [0.2, 0.25) is 0 Å². The molecule has 36 heavy (non-hydrogen) atoms. The molecule has 1 aromatic heterocycles. The highest BCUT2D eigenvalue weighted by atomic mass is 19.4. The lowest BCUT2D eigenvalue weighted by Gasteiger charge is -2.20. The monoisotopic (exact) mass is 503 g/mol. The molecule has 1 saturated carbocycles. The van der Waals surface area contributed by atoms with Crippen LogP contribution in [-0.4, -0.2) is 16.4 Å². The lowest BCUT2D eigenvalue weighted by molar-refractivity contribution is -0.139. The Labute approximate surface area is 208 Å². The van der Waals surface area contributed by atoms with Crippen LogP contribution in [0.4, 0.5) is 22.0 Å². The van der Waals surface area contributed by atoms with Crippen molar-refractivity contribution in [3.63, 3.8) is 0 Å². The van der Waals surface area contributed by atoms with Gasteiger partial charge in [0.05, 0.1) is 11.3 Å². The zero-order valence-electron chi connectivity index (χ0n) is 20.7. The Morgan fingerprint density at radius 2 is 1.97 bits per heavy atom. The summed E-state index contributed by atoms with van der Waals surface area (Å²) in [6.07, 6.45) is 0.550. The fourth-order valence-corrected chi connectivity index (χ4v) is 5.67. The van der Waals surface area contributed by atoms with Crippen molar-refractivity contribution in [3.05, 3.63) is 71.3 Å². The number of allylic oxidation sites excluding steroid dienone is 3. The van der Waals surface area contributed by atoms with Crippen molar-refractivity contribution in [1.82, 2.24) is 4.98 Å². The smallest absolute Gasteiger partial charge is 0.299 e. The van der Waals surface area contributed by atoms with Crippen molar-refractivity contribution in [2.45, 2.75) is 64.7 Å². The summed E-state index contributed by atoms with van der Waals surface area (Å²) < 4.78 is 69.3. The number of ketones is 1. The van der Waals surface area contributed by atoms with Crippen LogP contribution in [0, 0.1) is 23.6 Å². The van der Waals surface area contributed by atoms with Crippen molar-refractivity contribution in [1.29, 1.82) is 0 Å². The summed E-state index contributed by atoms with van der Waals surface area (Å²) in [7, 11) is 0. The van der Waals surface area contributed by atoms with Crippen LogP contribution < -0.4 is 0 Å². The first-order valence-corrected chi connectivity index (χ1v) is 12.2. The van der Waals surface area contributed by atoms with Crippen LogP contribution in [0.1, 0.15) is 63.3 Å². The summed E-state index contributed by atoms with van der Waals surface area (Å²) in [6, 6.07) is 4.90. The number of aromatic nitrogens is 1. The summed E-state index contributed by atoms with van der Waals surface area (Å²) in [5.41, 5.74) is 0.132. The minimum absolute atomic E-state index is 0.0444. The maximum absolute atomic E-state index is 15.1. The fourth-order valence-electron chi connectivity index (χ4n) is 5.67. The van der Waals surface area contributed by atoms with Crippen LogP contribution in [0.15, 0.2) is 48.7 Å². The van der Waals surface area contributed by atoms with Gasteiger partial charge in [0, 0.05) is 29.7 Å². The van der Waals surface area contributed by atoms with E-state index in [2.05, 4.69) is 11.6 Å². The zero-order chi connectivity index (χ0) is 26.4. The average molecular weight is 504 g/mol. The number of hydrogen-bond donors (Lipinski definition) is 0. The number of nitrogens with zero attached hydrogens (tertiary/aromatic N) is 1. The minimum Gasteiger partial charge on any atom is -0.299 e. The first-order valence-electron chi connectivity index (χ1n) is 12.2. The highest BCUT2D eigenvalue weighted by Crippen LogP contribution is 2.47. The van der Waals surface area contributed by atoms with Gasteiger partial charge in [0.1, 0.15) is 17.3 Å². The van der Waals surface area contributed by atoms with E-state index in [4.69, 9.17) is 0 Å². The summed E-state index contributed by atoms with van der Waals surface area (Å²) in [5, 5.41) is 0. The third-order valence-electron chi connectivity index (χ3n) is 7.74. The van der Waals surface area contributed by atoms with E-state index in [9.17, 15) is 22.4 Å². The molecule has 1 aromatic carbocycles. The first-order chi connectivity index (χ1) is 16.8. The Morgan fingerprint density at radius 1 is 1.25 bits per heavy atom. The standard InChI is InChI=1S/C29H30F5NO/c1-16(2)28(31)13-18(4)23(14-28)25(36)11-19-8-9-20-12-21(15-35-27(20)17(3)10-19)22-6-5-7-24(26(22)30)29(32,33)34/h5-7,10,12,15,18-19,23H,1,8-9,11,13-14H2,2-4H3. The predicted molar refractivity (Wildman–Crippen MR) is 130 cm³/mol. The lowest BCUT2D eigenvalue weighted by Crippen LogP contribution is -2.23. The van der Waals surface area contributed by atoms with Gasteiger partial charge in [0.15, 0.2) is 0 Å². The molecule has 0 amide bonds. The summed E-state index contributed by atoms with van der Waals surface area (Å²) in [5.74, 6) is -1.74. The van der Waals surface area contributed by atoms with Crippen LogP contribution in [-0.2, 0) is 17.4 Å². The second kappa shape index (κ2) is 9.56. The molecule has 0 bridgehead atoms. The number of fused-ring (bicyclic) bond motifs is 1. The fraction of sp³-hybridized carbons (Fsp3) is 0.448. The normalized spacial score (nSPS) is 26.2. The van der Waals surface area contributed by atoms with E-state index in [0.29, 0.717) is 37.0 Å². The average Bonchev–Trinajstić information content (AvgIpc) is 3.03. The van der Waals surface area contributed by atoms with Gasteiger partial charge in [-0.25, -0.2) is 8.78 Å². The molecule has 4 atom stereocenters. The molecule has 0 radical (unpaired) electrons. The van der Waals surface area contributed by atoms with Gasteiger partial charge in [-0.2, -0.15) is 13.2 Å². The van der Waals surface area contributed by atoms with Crippen molar-refractivity contribution in [2.75, 3.05) is 0 Å². The molecule has 2 aliphatic rings. The van der Waals surface area contributed by atoms with Crippen LogP contribution in [0.2, 0.25) is 0 Å². The number of benzene rings is 1. The van der Waals surface area contributed by atoms with Crippen molar-refractivity contribution in [2.24, 2.45) is 17.8 Å². The Morgan fingerprint density at radius 3 is 2.61 bits per heavy atom. The van der Waals surface area contributed by atoms with Crippen LogP contribution >= 0.6 is 0 Å². The molecule has 2 nitrogen and oxygen atoms in total. The van der Waals surface area contributed by atoms with Crippen LogP contribution in [0.3, 0.4) is 0 Å². The molecule has 1 fully saturated rings. The second-order valence-corrected chi connectivity index (χ2v) is 10.5. The summed E-state index contributed by atoms with van der Waals surface area (Å²) >= 11 is 0. The Balaban J connectivity index is 1.53. The van der Waals surface area contributed by atoms with Gasteiger partial charge >= 0.3 is 6.18 Å². The predicted octanol–water partition coefficient (Wildman–Crippen LogP) is 8.16. The molecule has 4 unspecified atom stereocenters. The molecule has 192 valence electrons. The molecule has 2 aliphatic carbocycles. The third-order valence-corrected chi connectivity index (χ3v) is 7.74. The number of Topliss-reactive ketones (excluding diaryl/α,β-unsaturated/α-hetero) is 1. The van der Waals surface area contributed by atoms with Gasteiger partial charge in [-0.05, 0) is 80.2 Å². The van der Waals surface area contributed by atoms with Gasteiger partial charge < -0.3 is 0 Å². The summed E-state index contributed by atoms with van der Waals surface area (Å²) in [4.78, 5) is 17.6. The van der Waals surface area contributed by atoms with E-state index >= 15 is 4.39 Å². The Kier molecular flexibility index (Phi) is 6.97. The molecule has 1 heterocycles. The third kappa shape index (κ3) is 5.02. The molecule has 0 saturated heterocycles. The molecule has 0 N–H and O–H groups in total. The SMILES string of the molecule is C=C(C)C1(F)CC(C)C(C(=O)CC2C=C(C)c3ncc(-c4cccc(C(F)(F)F)c4F)cc3CC2)C1. The van der Waals surface area contributed by atoms with Gasteiger partial charge in [-0.3, -0.25) is 9.78 Å². The number of alkyl halides is 4. The number of carbonyl (C=O) groups is 1.